The third-order valence-electron chi connectivity index (χ3n) is 6.49. The Morgan fingerprint density at radius 2 is 1.84 bits per heavy atom. The first-order chi connectivity index (χ1) is 15.2. The molecular formula is C27H32N2O2. The van der Waals surface area contributed by atoms with Crippen LogP contribution in [-0.2, 0) is 17.6 Å². The van der Waals surface area contributed by atoms with Crippen molar-refractivity contribution < 1.29 is 9.53 Å². The minimum Gasteiger partial charge on any atom is -0.493 e. The number of nitrogens with zero attached hydrogens (tertiary/aromatic N) is 2. The lowest BCUT2D eigenvalue weighted by Gasteiger charge is -2.32. The highest BCUT2D eigenvalue weighted by molar-refractivity contribution is 5.97. The van der Waals surface area contributed by atoms with E-state index in [0.29, 0.717) is 19.6 Å². The van der Waals surface area contributed by atoms with Crippen LogP contribution in [0.15, 0.2) is 48.5 Å². The third-order valence-corrected chi connectivity index (χ3v) is 6.49. The van der Waals surface area contributed by atoms with Gasteiger partial charge in [-0.1, -0.05) is 42.3 Å². The van der Waals surface area contributed by atoms with Crippen LogP contribution in [0.3, 0.4) is 0 Å². The van der Waals surface area contributed by atoms with Crippen molar-refractivity contribution in [2.75, 3.05) is 37.7 Å². The number of hydrogen-bond acceptors (Lipinski definition) is 3. The molecule has 2 aliphatic heterocycles. The lowest BCUT2D eigenvalue weighted by Crippen LogP contribution is -2.36. The van der Waals surface area contributed by atoms with Crippen molar-refractivity contribution in [2.45, 2.75) is 38.5 Å². The molecule has 0 unspecified atom stereocenters. The van der Waals surface area contributed by atoms with Crippen LogP contribution in [0.2, 0.25) is 0 Å². The highest BCUT2D eigenvalue weighted by atomic mass is 16.5. The molecule has 0 aromatic heterocycles. The zero-order chi connectivity index (χ0) is 21.5. The maximum atomic E-state index is 12.2. The molecule has 1 saturated heterocycles. The van der Waals surface area contributed by atoms with Crippen LogP contribution in [0.25, 0.3) is 0 Å². The quantitative estimate of drug-likeness (QED) is 0.475. The second-order valence-electron chi connectivity index (χ2n) is 8.61. The SMILES string of the molecule is C#CCN1C(=O)CCc2c(OCCCN3CCC(Cc4ccccc4)CC3)cccc21. The van der Waals surface area contributed by atoms with Crippen LogP contribution < -0.4 is 9.64 Å². The lowest BCUT2D eigenvalue weighted by molar-refractivity contribution is -0.118. The van der Waals surface area contributed by atoms with Gasteiger partial charge in [-0.15, -0.1) is 6.42 Å². The van der Waals surface area contributed by atoms with Gasteiger partial charge in [0, 0.05) is 18.5 Å². The minimum atomic E-state index is 0.0956. The number of rotatable bonds is 8. The second-order valence-corrected chi connectivity index (χ2v) is 8.61. The summed E-state index contributed by atoms with van der Waals surface area (Å²) in [5.74, 6) is 4.39. The maximum Gasteiger partial charge on any atom is 0.228 e. The Labute approximate surface area is 186 Å². The second kappa shape index (κ2) is 10.5. The Morgan fingerprint density at radius 1 is 1.03 bits per heavy atom. The molecule has 4 rings (SSSR count). The van der Waals surface area contributed by atoms with Gasteiger partial charge in [-0.2, -0.15) is 0 Å². The van der Waals surface area contributed by atoms with Gasteiger partial charge in [0.1, 0.15) is 5.75 Å². The van der Waals surface area contributed by atoms with Gasteiger partial charge in [0.25, 0.3) is 0 Å². The van der Waals surface area contributed by atoms with Crippen molar-refractivity contribution in [2.24, 2.45) is 5.92 Å². The van der Waals surface area contributed by atoms with E-state index in [9.17, 15) is 4.79 Å². The van der Waals surface area contributed by atoms with Crippen molar-refractivity contribution in [3.05, 3.63) is 59.7 Å². The average Bonchev–Trinajstić information content (AvgIpc) is 2.80. The number of amides is 1. The summed E-state index contributed by atoms with van der Waals surface area (Å²) in [6.45, 7) is 4.45. The zero-order valence-electron chi connectivity index (χ0n) is 18.3. The first-order valence-corrected chi connectivity index (χ1v) is 11.5. The molecule has 2 heterocycles. The molecule has 0 N–H and O–H groups in total. The molecule has 0 radical (unpaired) electrons. The number of anilines is 1. The van der Waals surface area contributed by atoms with Gasteiger partial charge >= 0.3 is 0 Å². The number of likely N-dealkylation sites (tertiary alicyclic amines) is 1. The van der Waals surface area contributed by atoms with E-state index in [1.807, 2.05) is 18.2 Å². The first kappa shape index (κ1) is 21.5. The van der Waals surface area contributed by atoms with E-state index in [-0.39, 0.29) is 5.91 Å². The molecule has 0 aliphatic carbocycles. The molecule has 162 valence electrons. The molecule has 0 saturated carbocycles. The van der Waals surface area contributed by atoms with Gasteiger partial charge in [0.05, 0.1) is 18.8 Å². The standard InChI is InChI=1S/C27H32N2O2/c1-2-16-29-25-10-6-11-26(24(25)12-13-27(29)30)31-20-7-17-28-18-14-23(15-19-28)21-22-8-4-3-5-9-22/h1,3-6,8-11,23H,7,12-21H2. The summed E-state index contributed by atoms with van der Waals surface area (Å²) in [4.78, 5) is 16.5. The van der Waals surface area contributed by atoms with Gasteiger partial charge in [-0.25, -0.2) is 0 Å². The molecule has 1 fully saturated rings. The van der Waals surface area contributed by atoms with Gasteiger partial charge in [0.2, 0.25) is 5.91 Å². The van der Waals surface area contributed by atoms with Crippen LogP contribution in [0.1, 0.15) is 36.8 Å². The molecule has 31 heavy (non-hydrogen) atoms. The van der Waals surface area contributed by atoms with E-state index in [4.69, 9.17) is 11.2 Å². The Bertz CT molecular complexity index is 911. The Morgan fingerprint density at radius 3 is 2.61 bits per heavy atom. The average molecular weight is 417 g/mol. The maximum absolute atomic E-state index is 12.2. The number of ether oxygens (including phenoxy) is 1. The fourth-order valence-corrected chi connectivity index (χ4v) is 4.79. The van der Waals surface area contributed by atoms with Gasteiger partial charge in [-0.3, -0.25) is 4.79 Å². The van der Waals surface area contributed by atoms with Crippen molar-refractivity contribution in [1.29, 1.82) is 0 Å². The van der Waals surface area contributed by atoms with Crippen LogP contribution in [0.5, 0.6) is 5.75 Å². The number of terminal acetylenes is 1. The minimum absolute atomic E-state index is 0.0956. The van der Waals surface area contributed by atoms with Crippen molar-refractivity contribution in [3.8, 4) is 18.1 Å². The van der Waals surface area contributed by atoms with Crippen LogP contribution in [0, 0.1) is 18.3 Å². The van der Waals surface area contributed by atoms with E-state index < -0.39 is 0 Å². The number of piperidine rings is 1. The molecule has 4 heteroatoms. The van der Waals surface area contributed by atoms with Crippen molar-refractivity contribution >= 4 is 11.6 Å². The molecule has 0 atom stereocenters. The Hall–Kier alpha value is -2.77. The number of benzene rings is 2. The molecule has 4 nitrogen and oxygen atoms in total. The predicted molar refractivity (Wildman–Crippen MR) is 125 cm³/mol. The summed E-state index contributed by atoms with van der Waals surface area (Å²) >= 11 is 0. The number of carbonyl (C=O) groups excluding carboxylic acids is 1. The van der Waals surface area contributed by atoms with Gasteiger partial charge < -0.3 is 14.5 Å². The highest BCUT2D eigenvalue weighted by Crippen LogP contribution is 2.34. The van der Waals surface area contributed by atoms with Crippen LogP contribution in [0.4, 0.5) is 5.69 Å². The summed E-state index contributed by atoms with van der Waals surface area (Å²) in [7, 11) is 0. The number of hydrogen-bond donors (Lipinski definition) is 0. The summed E-state index contributed by atoms with van der Waals surface area (Å²) < 4.78 is 6.14. The topological polar surface area (TPSA) is 32.8 Å². The number of fused-ring (bicyclic) bond motifs is 1. The first-order valence-electron chi connectivity index (χ1n) is 11.5. The summed E-state index contributed by atoms with van der Waals surface area (Å²) in [6.07, 6.45) is 11.4. The monoisotopic (exact) mass is 416 g/mol. The molecule has 1 amide bonds. The lowest BCUT2D eigenvalue weighted by atomic mass is 9.90. The number of carbonyl (C=O) groups is 1. The molecule has 0 spiro atoms. The van der Waals surface area contributed by atoms with E-state index in [1.165, 1.54) is 37.9 Å². The normalized spacial score (nSPS) is 17.3. The molecule has 0 bridgehead atoms. The Kier molecular flexibility index (Phi) is 7.27. The van der Waals surface area contributed by atoms with E-state index >= 15 is 0 Å². The fraction of sp³-hybridized carbons (Fsp3) is 0.444. The van der Waals surface area contributed by atoms with E-state index in [2.05, 4.69) is 41.2 Å². The third kappa shape index (κ3) is 5.48. The van der Waals surface area contributed by atoms with Gasteiger partial charge in [-0.05, 0) is 68.8 Å². The van der Waals surface area contributed by atoms with Crippen molar-refractivity contribution in [1.82, 2.24) is 4.90 Å². The smallest absolute Gasteiger partial charge is 0.228 e. The summed E-state index contributed by atoms with van der Waals surface area (Å²) in [5.41, 5.74) is 3.48. The summed E-state index contributed by atoms with van der Waals surface area (Å²) in [6, 6.07) is 16.8. The van der Waals surface area contributed by atoms with Crippen molar-refractivity contribution in [3.63, 3.8) is 0 Å². The molecule has 2 aromatic rings. The Balaban J connectivity index is 1.22. The molecular weight excluding hydrogens is 384 g/mol. The summed E-state index contributed by atoms with van der Waals surface area (Å²) in [5, 5.41) is 0. The van der Waals surface area contributed by atoms with Crippen LogP contribution in [-0.4, -0.2) is 43.6 Å². The van der Waals surface area contributed by atoms with Gasteiger partial charge in [0.15, 0.2) is 0 Å². The molecule has 2 aliphatic rings. The molecule has 2 aromatic carbocycles. The van der Waals surface area contributed by atoms with Crippen LogP contribution >= 0.6 is 0 Å². The van der Waals surface area contributed by atoms with E-state index in [1.54, 1.807) is 4.90 Å². The largest absolute Gasteiger partial charge is 0.493 e. The predicted octanol–water partition coefficient (Wildman–Crippen LogP) is 4.32. The highest BCUT2D eigenvalue weighted by Gasteiger charge is 2.26. The zero-order valence-corrected chi connectivity index (χ0v) is 18.3. The fourth-order valence-electron chi connectivity index (χ4n) is 4.79. The van der Waals surface area contributed by atoms with E-state index in [0.717, 1.165) is 42.3 Å².